The van der Waals surface area contributed by atoms with E-state index in [1.165, 1.54) is 11.3 Å². The molecular weight excluding hydrogens is 384 g/mol. The molecule has 2 aromatic heterocycles. The van der Waals surface area contributed by atoms with Gasteiger partial charge in [-0.2, -0.15) is 0 Å². The van der Waals surface area contributed by atoms with Crippen molar-refractivity contribution in [2.45, 2.75) is 39.0 Å². The molecule has 4 rings (SSSR count). The van der Waals surface area contributed by atoms with Crippen LogP contribution in [0.15, 0.2) is 47.1 Å². The molecule has 1 saturated carbocycles. The van der Waals surface area contributed by atoms with E-state index >= 15 is 0 Å². The smallest absolute Gasteiger partial charge is 0.266 e. The van der Waals surface area contributed by atoms with Crippen LogP contribution in [0.4, 0.5) is 0 Å². The van der Waals surface area contributed by atoms with Gasteiger partial charge in [0.2, 0.25) is 0 Å². The molecule has 7 heteroatoms. The summed E-state index contributed by atoms with van der Waals surface area (Å²) in [6.07, 6.45) is 3.71. The quantitative estimate of drug-likeness (QED) is 0.552. The Kier molecular flexibility index (Phi) is 5.18. The normalized spacial score (nSPS) is 13.6. The lowest BCUT2D eigenvalue weighted by Gasteiger charge is -2.20. The Bertz CT molecular complexity index is 917. The summed E-state index contributed by atoms with van der Waals surface area (Å²) in [6, 6.07) is 11.2. The predicted octanol–water partition coefficient (Wildman–Crippen LogP) is 5.08. The highest BCUT2D eigenvalue weighted by atomic mass is 35.5. The molecule has 1 aromatic carbocycles. The minimum Gasteiger partial charge on any atom is -0.486 e. The van der Waals surface area contributed by atoms with Crippen LogP contribution in [0.3, 0.4) is 0 Å². The monoisotopic (exact) mass is 402 g/mol. The topological polar surface area (TPSA) is 55.6 Å². The van der Waals surface area contributed by atoms with E-state index in [2.05, 4.69) is 4.98 Å². The van der Waals surface area contributed by atoms with Gasteiger partial charge in [0.15, 0.2) is 0 Å². The van der Waals surface area contributed by atoms with Gasteiger partial charge < -0.3 is 14.1 Å². The number of amides is 1. The summed E-state index contributed by atoms with van der Waals surface area (Å²) in [6.45, 7) is 2.68. The third-order valence-corrected chi connectivity index (χ3v) is 5.74. The number of hydrogen-bond donors (Lipinski definition) is 0. The largest absolute Gasteiger partial charge is 0.486 e. The lowest BCUT2D eigenvalue weighted by Crippen LogP contribution is -2.32. The first-order valence-electron chi connectivity index (χ1n) is 8.78. The van der Waals surface area contributed by atoms with Gasteiger partial charge in [-0.1, -0.05) is 11.6 Å². The van der Waals surface area contributed by atoms with Crippen LogP contribution in [-0.2, 0) is 13.2 Å². The van der Waals surface area contributed by atoms with Crippen molar-refractivity contribution in [3.8, 4) is 5.75 Å². The van der Waals surface area contributed by atoms with Gasteiger partial charge in [0.25, 0.3) is 5.91 Å². The number of hydrogen-bond acceptors (Lipinski definition) is 5. The SMILES string of the molecule is Cc1nc(COc2ccc(Cl)cc2)sc1C(=O)N(Cc1ccco1)C1CC1. The lowest BCUT2D eigenvalue weighted by atomic mass is 10.3. The fraction of sp³-hybridized carbons (Fsp3) is 0.300. The highest BCUT2D eigenvalue weighted by Gasteiger charge is 2.35. The molecule has 1 amide bonds. The summed E-state index contributed by atoms with van der Waals surface area (Å²) in [4.78, 5) is 20.2. The fourth-order valence-electron chi connectivity index (χ4n) is 2.84. The number of furan rings is 1. The van der Waals surface area contributed by atoms with Crippen LogP contribution >= 0.6 is 22.9 Å². The second-order valence-corrected chi connectivity index (χ2v) is 8.03. The highest BCUT2D eigenvalue weighted by Crippen LogP contribution is 2.32. The van der Waals surface area contributed by atoms with Crippen molar-refractivity contribution in [2.75, 3.05) is 0 Å². The summed E-state index contributed by atoms with van der Waals surface area (Å²) >= 11 is 7.28. The molecule has 1 aliphatic carbocycles. The number of thiazole rings is 1. The highest BCUT2D eigenvalue weighted by molar-refractivity contribution is 7.13. The minimum atomic E-state index is 0.0154. The van der Waals surface area contributed by atoms with E-state index in [0.717, 1.165) is 35.1 Å². The van der Waals surface area contributed by atoms with E-state index in [0.29, 0.717) is 23.1 Å². The standard InChI is InChI=1S/C20H19ClN2O3S/c1-13-19(20(24)23(15-6-7-15)11-17-3-2-10-25-17)27-18(22-13)12-26-16-8-4-14(21)5-9-16/h2-5,8-10,15H,6-7,11-12H2,1H3. The zero-order chi connectivity index (χ0) is 18.8. The van der Waals surface area contributed by atoms with Crippen molar-refractivity contribution >= 4 is 28.8 Å². The van der Waals surface area contributed by atoms with Gasteiger partial charge in [-0.05, 0) is 56.2 Å². The molecule has 0 bridgehead atoms. The predicted molar refractivity (Wildman–Crippen MR) is 104 cm³/mol. The van der Waals surface area contributed by atoms with E-state index in [9.17, 15) is 4.79 Å². The molecule has 0 unspecified atom stereocenters. The Morgan fingerprint density at radius 2 is 2.11 bits per heavy atom. The maximum atomic E-state index is 13.1. The number of ether oxygens (including phenoxy) is 1. The lowest BCUT2D eigenvalue weighted by molar-refractivity contribution is 0.0721. The number of rotatable bonds is 7. The Morgan fingerprint density at radius 1 is 1.33 bits per heavy atom. The van der Waals surface area contributed by atoms with Gasteiger partial charge in [-0.3, -0.25) is 4.79 Å². The molecule has 1 aliphatic rings. The first-order chi connectivity index (χ1) is 13.1. The summed E-state index contributed by atoms with van der Waals surface area (Å²) in [5.41, 5.74) is 0.741. The van der Waals surface area contributed by atoms with Crippen molar-refractivity contribution < 1.29 is 13.9 Å². The van der Waals surface area contributed by atoms with Crippen molar-refractivity contribution in [3.63, 3.8) is 0 Å². The van der Waals surface area contributed by atoms with E-state index in [1.807, 2.05) is 36.1 Å². The number of carbonyl (C=O) groups excluding carboxylic acids is 1. The molecule has 140 valence electrons. The summed E-state index contributed by atoms with van der Waals surface area (Å²) in [5.74, 6) is 1.53. The van der Waals surface area contributed by atoms with Crippen LogP contribution < -0.4 is 4.74 Å². The first kappa shape index (κ1) is 18.1. The molecule has 0 spiro atoms. The van der Waals surface area contributed by atoms with Crippen LogP contribution in [0.2, 0.25) is 5.02 Å². The third-order valence-electron chi connectivity index (χ3n) is 4.37. The second kappa shape index (κ2) is 7.74. The number of carbonyl (C=O) groups is 1. The van der Waals surface area contributed by atoms with Gasteiger partial charge in [0.1, 0.15) is 28.0 Å². The van der Waals surface area contributed by atoms with Gasteiger partial charge in [0.05, 0.1) is 18.5 Å². The van der Waals surface area contributed by atoms with E-state index in [1.54, 1.807) is 18.4 Å². The molecule has 5 nitrogen and oxygen atoms in total. The summed E-state index contributed by atoms with van der Waals surface area (Å²) in [5, 5.41) is 1.44. The molecule has 27 heavy (non-hydrogen) atoms. The van der Waals surface area contributed by atoms with Gasteiger partial charge in [-0.25, -0.2) is 4.98 Å². The molecule has 0 N–H and O–H groups in total. The average Bonchev–Trinajstić information content (AvgIpc) is 3.24. The van der Waals surface area contributed by atoms with Crippen LogP contribution in [0.1, 0.15) is 39.0 Å². The van der Waals surface area contributed by atoms with Gasteiger partial charge in [-0.15, -0.1) is 11.3 Å². The van der Waals surface area contributed by atoms with Crippen molar-refractivity contribution in [1.29, 1.82) is 0 Å². The number of nitrogens with zero attached hydrogens (tertiary/aromatic N) is 2. The average molecular weight is 403 g/mol. The number of aryl methyl sites for hydroxylation is 1. The van der Waals surface area contributed by atoms with Crippen LogP contribution in [-0.4, -0.2) is 21.8 Å². The zero-order valence-electron chi connectivity index (χ0n) is 14.9. The Balaban J connectivity index is 1.46. The van der Waals surface area contributed by atoms with Crippen LogP contribution in [0.25, 0.3) is 0 Å². The maximum absolute atomic E-state index is 13.1. The van der Waals surface area contributed by atoms with E-state index in [-0.39, 0.29) is 11.9 Å². The van der Waals surface area contributed by atoms with Gasteiger partial charge >= 0.3 is 0 Å². The molecule has 3 aromatic rings. The Labute approximate surface area is 166 Å². The maximum Gasteiger partial charge on any atom is 0.266 e. The molecule has 0 saturated heterocycles. The van der Waals surface area contributed by atoms with E-state index < -0.39 is 0 Å². The van der Waals surface area contributed by atoms with Crippen molar-refractivity contribution in [1.82, 2.24) is 9.88 Å². The molecule has 0 atom stereocenters. The fourth-order valence-corrected chi connectivity index (χ4v) is 3.90. The van der Waals surface area contributed by atoms with E-state index in [4.69, 9.17) is 20.8 Å². The summed E-state index contributed by atoms with van der Waals surface area (Å²) in [7, 11) is 0. The van der Waals surface area contributed by atoms with Crippen LogP contribution in [0, 0.1) is 6.92 Å². The molecule has 0 radical (unpaired) electrons. The Hall–Kier alpha value is -2.31. The number of aromatic nitrogens is 1. The molecule has 2 heterocycles. The molecular formula is C20H19ClN2O3S. The van der Waals surface area contributed by atoms with Crippen molar-refractivity contribution in [2.24, 2.45) is 0 Å². The third kappa shape index (κ3) is 4.34. The minimum absolute atomic E-state index is 0.0154. The molecule has 0 aliphatic heterocycles. The second-order valence-electron chi connectivity index (χ2n) is 6.51. The number of halogens is 1. The van der Waals surface area contributed by atoms with Crippen LogP contribution in [0.5, 0.6) is 5.75 Å². The molecule has 1 fully saturated rings. The number of benzene rings is 1. The summed E-state index contributed by atoms with van der Waals surface area (Å²) < 4.78 is 11.2. The van der Waals surface area contributed by atoms with Gasteiger partial charge in [0, 0.05) is 11.1 Å². The van der Waals surface area contributed by atoms with Crippen molar-refractivity contribution in [3.05, 3.63) is 69.0 Å². The zero-order valence-corrected chi connectivity index (χ0v) is 16.4. The first-order valence-corrected chi connectivity index (χ1v) is 9.97. The Morgan fingerprint density at radius 3 is 2.78 bits per heavy atom.